The summed E-state index contributed by atoms with van der Waals surface area (Å²) in [6.07, 6.45) is 7.46. The highest BCUT2D eigenvalue weighted by Crippen LogP contribution is 2.09. The maximum atomic E-state index is 4.65. The van der Waals surface area contributed by atoms with E-state index in [2.05, 4.69) is 35.8 Å². The second-order valence-electron chi connectivity index (χ2n) is 6.46. The third kappa shape index (κ3) is 4.93. The summed E-state index contributed by atoms with van der Waals surface area (Å²) in [5.41, 5.74) is 1.85. The first-order valence-corrected chi connectivity index (χ1v) is 9.50. The van der Waals surface area contributed by atoms with Crippen LogP contribution in [0.5, 0.6) is 0 Å². The van der Waals surface area contributed by atoms with Gasteiger partial charge in [-0.05, 0) is 37.6 Å². The highest BCUT2D eigenvalue weighted by molar-refractivity contribution is 14.0. The zero-order chi connectivity index (χ0) is 20.1. The molecule has 0 aliphatic carbocycles. The van der Waals surface area contributed by atoms with E-state index < -0.39 is 0 Å². The number of pyridine rings is 2. The van der Waals surface area contributed by atoms with Gasteiger partial charge in [0.15, 0.2) is 17.4 Å². The molecule has 0 saturated heterocycles. The van der Waals surface area contributed by atoms with Gasteiger partial charge in [0.2, 0.25) is 0 Å². The van der Waals surface area contributed by atoms with Crippen LogP contribution in [0.1, 0.15) is 24.1 Å². The molecule has 10 heteroatoms. The van der Waals surface area contributed by atoms with Crippen molar-refractivity contribution in [3.05, 3.63) is 72.3 Å². The Morgan fingerprint density at radius 3 is 2.70 bits per heavy atom. The minimum absolute atomic E-state index is 0. The number of hydrogen-bond acceptors (Lipinski definition) is 5. The molecule has 0 aliphatic heterocycles. The van der Waals surface area contributed by atoms with E-state index in [4.69, 9.17) is 0 Å². The van der Waals surface area contributed by atoms with Gasteiger partial charge in [-0.25, -0.2) is 15.0 Å². The van der Waals surface area contributed by atoms with Gasteiger partial charge in [0.05, 0.1) is 13.1 Å². The van der Waals surface area contributed by atoms with E-state index in [1.54, 1.807) is 6.20 Å². The third-order valence-corrected chi connectivity index (χ3v) is 4.44. The van der Waals surface area contributed by atoms with Crippen molar-refractivity contribution >= 4 is 35.6 Å². The number of aliphatic imine (C=N–C) groups is 1. The molecule has 0 saturated carbocycles. The van der Waals surface area contributed by atoms with E-state index >= 15 is 0 Å². The predicted molar refractivity (Wildman–Crippen MR) is 126 cm³/mol. The highest BCUT2D eigenvalue weighted by Gasteiger charge is 2.06. The standard InChI is InChI=1S/C20H23N9.HI/c1-3-21-20(25-14-19-27-26-18-6-4-5-10-29(18)19)24-13-16-7-8-17(23-12-16)28-11-9-22-15(28)2;/h4-12H,3,13-14H2,1-2H3,(H2,21,24,25);1H. The smallest absolute Gasteiger partial charge is 0.191 e. The fraction of sp³-hybridized carbons (Fsp3) is 0.250. The summed E-state index contributed by atoms with van der Waals surface area (Å²) in [6, 6.07) is 9.84. The van der Waals surface area contributed by atoms with Gasteiger partial charge in [-0.2, -0.15) is 0 Å². The molecule has 30 heavy (non-hydrogen) atoms. The number of nitrogens with zero attached hydrogens (tertiary/aromatic N) is 7. The summed E-state index contributed by atoms with van der Waals surface area (Å²) in [7, 11) is 0. The Morgan fingerprint density at radius 1 is 1.07 bits per heavy atom. The van der Waals surface area contributed by atoms with Crippen LogP contribution in [0.2, 0.25) is 0 Å². The first-order valence-electron chi connectivity index (χ1n) is 9.50. The molecule has 4 heterocycles. The molecule has 0 atom stereocenters. The van der Waals surface area contributed by atoms with E-state index in [1.807, 2.05) is 71.7 Å². The van der Waals surface area contributed by atoms with Crippen molar-refractivity contribution in [1.82, 2.24) is 39.8 Å². The molecule has 0 radical (unpaired) electrons. The molecule has 156 valence electrons. The van der Waals surface area contributed by atoms with Crippen LogP contribution in [-0.2, 0) is 13.1 Å². The van der Waals surface area contributed by atoms with E-state index in [0.717, 1.165) is 41.2 Å². The van der Waals surface area contributed by atoms with Crippen LogP contribution >= 0.6 is 24.0 Å². The number of hydrogen-bond donors (Lipinski definition) is 2. The Morgan fingerprint density at radius 2 is 1.97 bits per heavy atom. The highest BCUT2D eigenvalue weighted by atomic mass is 127. The summed E-state index contributed by atoms with van der Waals surface area (Å²) in [6.45, 7) is 5.80. The van der Waals surface area contributed by atoms with Crippen LogP contribution in [0, 0.1) is 6.92 Å². The van der Waals surface area contributed by atoms with Crippen molar-refractivity contribution in [1.29, 1.82) is 0 Å². The summed E-state index contributed by atoms with van der Waals surface area (Å²) >= 11 is 0. The van der Waals surface area contributed by atoms with Crippen molar-refractivity contribution in [2.75, 3.05) is 6.54 Å². The topological polar surface area (TPSA) is 97.3 Å². The summed E-state index contributed by atoms with van der Waals surface area (Å²) < 4.78 is 3.90. The SMILES string of the molecule is CCNC(=NCc1ccc(-n2ccnc2C)nc1)NCc1nnc2ccccn12.I. The average Bonchev–Trinajstić information content (AvgIpc) is 3.37. The molecule has 0 amide bonds. The lowest BCUT2D eigenvalue weighted by Gasteiger charge is -2.10. The van der Waals surface area contributed by atoms with Gasteiger partial charge in [0.1, 0.15) is 11.6 Å². The monoisotopic (exact) mass is 517 g/mol. The molecule has 0 bridgehead atoms. The number of fused-ring (bicyclic) bond motifs is 1. The van der Waals surface area contributed by atoms with E-state index in [-0.39, 0.29) is 24.0 Å². The summed E-state index contributed by atoms with van der Waals surface area (Å²) in [5.74, 6) is 3.29. The van der Waals surface area contributed by atoms with Gasteiger partial charge in [0.25, 0.3) is 0 Å². The maximum absolute atomic E-state index is 4.65. The molecule has 4 rings (SSSR count). The van der Waals surface area contributed by atoms with E-state index in [9.17, 15) is 0 Å². The molecular weight excluding hydrogens is 493 g/mol. The first kappa shape index (κ1) is 21.7. The molecule has 4 aromatic heterocycles. The normalized spacial score (nSPS) is 11.3. The fourth-order valence-electron chi connectivity index (χ4n) is 2.96. The largest absolute Gasteiger partial charge is 0.357 e. The maximum Gasteiger partial charge on any atom is 0.191 e. The molecule has 0 spiro atoms. The van der Waals surface area contributed by atoms with Crippen LogP contribution in [-0.4, -0.2) is 41.6 Å². The predicted octanol–water partition coefficient (Wildman–Crippen LogP) is 2.49. The minimum Gasteiger partial charge on any atom is -0.357 e. The number of nitrogens with one attached hydrogen (secondary N) is 2. The van der Waals surface area contributed by atoms with Crippen LogP contribution in [0.25, 0.3) is 11.5 Å². The Hall–Kier alpha value is -3.02. The molecule has 2 N–H and O–H groups in total. The quantitative estimate of drug-likeness (QED) is 0.232. The van der Waals surface area contributed by atoms with Gasteiger partial charge < -0.3 is 10.6 Å². The fourth-order valence-corrected chi connectivity index (χ4v) is 2.96. The first-order chi connectivity index (χ1) is 14.2. The van der Waals surface area contributed by atoms with Crippen LogP contribution < -0.4 is 10.6 Å². The van der Waals surface area contributed by atoms with E-state index in [0.29, 0.717) is 13.1 Å². The Kier molecular flexibility index (Phi) is 7.33. The number of guanidine groups is 1. The molecule has 4 aromatic rings. The van der Waals surface area contributed by atoms with E-state index in [1.165, 1.54) is 0 Å². The number of rotatable bonds is 6. The van der Waals surface area contributed by atoms with Gasteiger partial charge >= 0.3 is 0 Å². The Balaban J connectivity index is 0.00000256. The lowest BCUT2D eigenvalue weighted by molar-refractivity contribution is 0.765. The zero-order valence-corrected chi connectivity index (χ0v) is 19.2. The van der Waals surface area contributed by atoms with Gasteiger partial charge in [-0.15, -0.1) is 34.2 Å². The van der Waals surface area contributed by atoms with Crippen molar-refractivity contribution in [3.8, 4) is 5.82 Å². The van der Waals surface area contributed by atoms with Crippen molar-refractivity contribution in [3.63, 3.8) is 0 Å². The number of imidazole rings is 1. The molecule has 0 fully saturated rings. The van der Waals surface area contributed by atoms with Crippen molar-refractivity contribution in [2.45, 2.75) is 26.9 Å². The lowest BCUT2D eigenvalue weighted by Crippen LogP contribution is -2.37. The second-order valence-corrected chi connectivity index (χ2v) is 6.46. The number of aryl methyl sites for hydroxylation is 1. The molecular formula is C20H24IN9. The van der Waals surface area contributed by atoms with Crippen molar-refractivity contribution in [2.24, 2.45) is 4.99 Å². The summed E-state index contributed by atoms with van der Waals surface area (Å²) in [5, 5.41) is 15.0. The Bertz CT molecular complexity index is 1110. The number of aromatic nitrogens is 6. The van der Waals surface area contributed by atoms with Gasteiger partial charge in [-0.1, -0.05) is 12.1 Å². The molecule has 0 aliphatic rings. The van der Waals surface area contributed by atoms with Crippen LogP contribution in [0.3, 0.4) is 0 Å². The molecule has 0 aromatic carbocycles. The average molecular weight is 517 g/mol. The van der Waals surface area contributed by atoms with Crippen molar-refractivity contribution < 1.29 is 0 Å². The summed E-state index contributed by atoms with van der Waals surface area (Å²) in [4.78, 5) is 13.4. The third-order valence-electron chi connectivity index (χ3n) is 4.44. The lowest BCUT2D eigenvalue weighted by atomic mass is 10.3. The molecule has 9 nitrogen and oxygen atoms in total. The zero-order valence-electron chi connectivity index (χ0n) is 16.9. The Labute approximate surface area is 191 Å². The minimum atomic E-state index is 0. The van der Waals surface area contributed by atoms with Crippen LogP contribution in [0.4, 0.5) is 0 Å². The number of halogens is 1. The van der Waals surface area contributed by atoms with Crippen LogP contribution in [0.15, 0.2) is 60.1 Å². The molecule has 0 unspecified atom stereocenters. The van der Waals surface area contributed by atoms with Gasteiger partial charge in [-0.3, -0.25) is 8.97 Å². The second kappa shape index (κ2) is 10.1. The van der Waals surface area contributed by atoms with Gasteiger partial charge in [0, 0.05) is 31.3 Å².